The molecule has 2 aromatic carbocycles. The van der Waals surface area contributed by atoms with Crippen molar-refractivity contribution in [2.45, 2.75) is 44.6 Å². The van der Waals surface area contributed by atoms with E-state index in [1.807, 2.05) is 48.9 Å². The average molecular weight is 401 g/mol. The first kappa shape index (κ1) is 18.5. The number of hydrogen-bond acceptors (Lipinski definition) is 2. The number of Topliss-reactive ketones (excluding diaryl/α,β-unsaturated/α-hetero) is 1. The Kier molecular flexibility index (Phi) is 4.77. The summed E-state index contributed by atoms with van der Waals surface area (Å²) in [6.45, 7) is 3.93. The zero-order valence-electron chi connectivity index (χ0n) is 15.5. The third kappa shape index (κ3) is 3.28. The van der Waals surface area contributed by atoms with Gasteiger partial charge in [0, 0.05) is 21.3 Å². The van der Waals surface area contributed by atoms with Gasteiger partial charge in [-0.15, -0.1) is 0 Å². The summed E-state index contributed by atoms with van der Waals surface area (Å²) in [7, 11) is 0. The number of ketones is 1. The number of benzene rings is 2. The van der Waals surface area contributed by atoms with Crippen molar-refractivity contribution < 1.29 is 4.79 Å². The number of fused-ring (bicyclic) bond motifs is 1. The first-order valence-corrected chi connectivity index (χ1v) is 10.1. The van der Waals surface area contributed by atoms with E-state index in [-0.39, 0.29) is 17.6 Å². The second kappa shape index (κ2) is 6.96. The molecule has 2 atom stereocenters. The van der Waals surface area contributed by atoms with Gasteiger partial charge in [-0.1, -0.05) is 41.8 Å². The Morgan fingerprint density at radius 1 is 1.07 bits per heavy atom. The Morgan fingerprint density at radius 3 is 2.52 bits per heavy atom. The molecule has 4 rings (SSSR count). The van der Waals surface area contributed by atoms with Gasteiger partial charge in [0.05, 0.1) is 11.7 Å². The van der Waals surface area contributed by atoms with Crippen LogP contribution in [0, 0.1) is 5.92 Å². The van der Waals surface area contributed by atoms with Crippen LogP contribution in [-0.4, -0.2) is 15.6 Å². The number of rotatable bonds is 4. The summed E-state index contributed by atoms with van der Waals surface area (Å²) in [6, 6.07) is 13.6. The maximum absolute atomic E-state index is 13.6. The lowest BCUT2D eigenvalue weighted by Crippen LogP contribution is -2.41. The van der Waals surface area contributed by atoms with Gasteiger partial charge in [0.1, 0.15) is 5.54 Å². The topological polar surface area (TPSA) is 34.9 Å². The predicted octanol–water partition coefficient (Wildman–Crippen LogP) is 6.23. The minimum atomic E-state index is -0.727. The zero-order valence-corrected chi connectivity index (χ0v) is 17.0. The van der Waals surface area contributed by atoms with Crippen molar-refractivity contribution in [2.24, 2.45) is 5.92 Å². The molecule has 5 heteroatoms. The quantitative estimate of drug-likeness (QED) is 0.519. The summed E-state index contributed by atoms with van der Waals surface area (Å²) in [5.74, 6) is 0.470. The molecular formula is C22H22Cl2N2O. The van der Waals surface area contributed by atoms with Gasteiger partial charge in [-0.25, -0.2) is 0 Å². The molecule has 1 aromatic heterocycles. The van der Waals surface area contributed by atoms with Gasteiger partial charge in [0.2, 0.25) is 0 Å². The van der Waals surface area contributed by atoms with Crippen molar-refractivity contribution in [3.8, 4) is 0 Å². The molecule has 1 heterocycles. The second-order valence-electron chi connectivity index (χ2n) is 7.88. The molecule has 140 valence electrons. The minimum Gasteiger partial charge on any atom is -0.297 e. The summed E-state index contributed by atoms with van der Waals surface area (Å²) in [5.41, 5.74) is 1.40. The standard InChI is InChI=1S/C22H22Cl2N2O/c1-22(2,26-20-11-10-17(24)12-15(20)13-25-26)21(27)19-5-3-4-18(19)14-6-8-16(23)9-7-14/h6-13,18-19H,3-5H2,1-2H3. The van der Waals surface area contributed by atoms with E-state index in [4.69, 9.17) is 23.2 Å². The third-order valence-corrected chi connectivity index (χ3v) is 6.30. The van der Waals surface area contributed by atoms with Gasteiger partial charge in [-0.3, -0.25) is 9.48 Å². The van der Waals surface area contributed by atoms with Crippen molar-refractivity contribution >= 4 is 39.9 Å². The van der Waals surface area contributed by atoms with E-state index in [0.29, 0.717) is 5.02 Å². The van der Waals surface area contributed by atoms with E-state index in [9.17, 15) is 4.79 Å². The van der Waals surface area contributed by atoms with Gasteiger partial charge in [0.25, 0.3) is 0 Å². The Balaban J connectivity index is 1.68. The van der Waals surface area contributed by atoms with Crippen molar-refractivity contribution in [1.29, 1.82) is 0 Å². The fourth-order valence-electron chi connectivity index (χ4n) is 4.39. The van der Waals surface area contributed by atoms with Crippen LogP contribution in [0.3, 0.4) is 0 Å². The maximum atomic E-state index is 13.6. The molecule has 0 spiro atoms. The van der Waals surface area contributed by atoms with Gasteiger partial charge < -0.3 is 0 Å². The van der Waals surface area contributed by atoms with Crippen molar-refractivity contribution in [1.82, 2.24) is 9.78 Å². The monoisotopic (exact) mass is 400 g/mol. The molecule has 0 amide bonds. The number of halogens is 2. The molecule has 0 radical (unpaired) electrons. The van der Waals surface area contributed by atoms with E-state index in [1.54, 1.807) is 6.20 Å². The lowest BCUT2D eigenvalue weighted by molar-refractivity contribution is -0.130. The SMILES string of the molecule is CC(C)(C(=O)C1CCCC1c1ccc(Cl)cc1)n1ncc2cc(Cl)ccc21. The van der Waals surface area contributed by atoms with E-state index >= 15 is 0 Å². The maximum Gasteiger partial charge on any atom is 0.163 e. The van der Waals surface area contributed by atoms with Crippen LogP contribution in [0.25, 0.3) is 10.9 Å². The molecule has 0 bridgehead atoms. The molecule has 27 heavy (non-hydrogen) atoms. The van der Waals surface area contributed by atoms with Crippen LogP contribution in [0.1, 0.15) is 44.6 Å². The van der Waals surface area contributed by atoms with Gasteiger partial charge >= 0.3 is 0 Å². The van der Waals surface area contributed by atoms with Crippen LogP contribution in [0.4, 0.5) is 0 Å². The molecular weight excluding hydrogens is 379 g/mol. The number of carbonyl (C=O) groups is 1. The molecule has 1 aliphatic rings. The fourth-order valence-corrected chi connectivity index (χ4v) is 4.70. The Morgan fingerprint density at radius 2 is 1.78 bits per heavy atom. The highest BCUT2D eigenvalue weighted by Gasteiger charge is 2.42. The predicted molar refractivity (Wildman–Crippen MR) is 111 cm³/mol. The summed E-state index contributed by atoms with van der Waals surface area (Å²) in [4.78, 5) is 13.6. The van der Waals surface area contributed by atoms with Gasteiger partial charge in [-0.05, 0) is 68.5 Å². The van der Waals surface area contributed by atoms with E-state index in [1.165, 1.54) is 5.56 Å². The summed E-state index contributed by atoms with van der Waals surface area (Å²) in [6.07, 6.45) is 4.79. The Hall–Kier alpha value is -1.84. The van der Waals surface area contributed by atoms with Crippen LogP contribution < -0.4 is 0 Å². The summed E-state index contributed by atoms with van der Waals surface area (Å²) in [5, 5.41) is 6.87. The first-order chi connectivity index (χ1) is 12.9. The van der Waals surface area contributed by atoms with Crippen molar-refractivity contribution in [2.75, 3.05) is 0 Å². The van der Waals surface area contributed by atoms with E-state index in [0.717, 1.165) is 35.2 Å². The van der Waals surface area contributed by atoms with Crippen LogP contribution >= 0.6 is 23.2 Å². The first-order valence-electron chi connectivity index (χ1n) is 9.31. The molecule has 0 aliphatic heterocycles. The number of hydrogen-bond donors (Lipinski definition) is 0. The molecule has 1 saturated carbocycles. The number of aromatic nitrogens is 2. The molecule has 0 saturated heterocycles. The van der Waals surface area contributed by atoms with Gasteiger partial charge in [0.15, 0.2) is 5.78 Å². The molecule has 3 nitrogen and oxygen atoms in total. The highest BCUT2D eigenvalue weighted by Crippen LogP contribution is 2.43. The summed E-state index contributed by atoms with van der Waals surface area (Å²) < 4.78 is 1.85. The minimum absolute atomic E-state index is 0.00674. The zero-order chi connectivity index (χ0) is 19.2. The highest BCUT2D eigenvalue weighted by atomic mass is 35.5. The molecule has 1 fully saturated rings. The third-order valence-electron chi connectivity index (χ3n) is 5.81. The van der Waals surface area contributed by atoms with Crippen LogP contribution in [-0.2, 0) is 10.3 Å². The Labute approximate surface area is 169 Å². The normalized spacial score (nSPS) is 20.3. The molecule has 1 aliphatic carbocycles. The van der Waals surface area contributed by atoms with Crippen molar-refractivity contribution in [3.63, 3.8) is 0 Å². The van der Waals surface area contributed by atoms with Crippen LogP contribution in [0.15, 0.2) is 48.7 Å². The number of carbonyl (C=O) groups excluding carboxylic acids is 1. The largest absolute Gasteiger partial charge is 0.297 e. The van der Waals surface area contributed by atoms with Gasteiger partial charge in [-0.2, -0.15) is 5.10 Å². The lowest BCUT2D eigenvalue weighted by atomic mass is 9.79. The van der Waals surface area contributed by atoms with E-state index < -0.39 is 5.54 Å². The van der Waals surface area contributed by atoms with Crippen molar-refractivity contribution in [3.05, 3.63) is 64.3 Å². The second-order valence-corrected chi connectivity index (χ2v) is 8.75. The molecule has 2 unspecified atom stereocenters. The summed E-state index contributed by atoms with van der Waals surface area (Å²) >= 11 is 12.1. The van der Waals surface area contributed by atoms with E-state index in [2.05, 4.69) is 17.2 Å². The average Bonchev–Trinajstić information content (AvgIpc) is 3.28. The highest BCUT2D eigenvalue weighted by molar-refractivity contribution is 6.31. The molecule has 3 aromatic rings. The van der Waals surface area contributed by atoms with Crippen LogP contribution in [0.5, 0.6) is 0 Å². The smallest absolute Gasteiger partial charge is 0.163 e. The fraction of sp³-hybridized carbons (Fsp3) is 0.364. The Bertz CT molecular complexity index is 991. The number of nitrogens with zero attached hydrogens (tertiary/aromatic N) is 2. The van der Waals surface area contributed by atoms with Crippen LogP contribution in [0.2, 0.25) is 10.0 Å². The molecule has 0 N–H and O–H groups in total. The lowest BCUT2D eigenvalue weighted by Gasteiger charge is -2.30.